The molecule has 0 aliphatic carbocycles. The van der Waals surface area contributed by atoms with E-state index < -0.39 is 0 Å². The third-order valence-corrected chi connectivity index (χ3v) is 2.25. The summed E-state index contributed by atoms with van der Waals surface area (Å²) in [6, 6.07) is 6.33. The van der Waals surface area contributed by atoms with Gasteiger partial charge in [0.2, 0.25) is 0 Å². The van der Waals surface area contributed by atoms with Gasteiger partial charge in [0, 0.05) is 18.6 Å². The van der Waals surface area contributed by atoms with Gasteiger partial charge in [0.05, 0.1) is 5.69 Å². The largest absolute Gasteiger partial charge is 0.377 e. The van der Waals surface area contributed by atoms with Crippen molar-refractivity contribution in [2.45, 2.75) is 6.92 Å². The Balaban J connectivity index is 3.13. The summed E-state index contributed by atoms with van der Waals surface area (Å²) < 4.78 is 1.15. The van der Waals surface area contributed by atoms with E-state index in [1.54, 1.807) is 0 Å². The topological polar surface area (TPSA) is 3.24 Å². The van der Waals surface area contributed by atoms with Gasteiger partial charge < -0.3 is 4.90 Å². The van der Waals surface area contributed by atoms with Gasteiger partial charge in [-0.15, -0.1) is 0 Å². The molecule has 0 aliphatic heterocycles. The van der Waals surface area contributed by atoms with E-state index in [9.17, 15) is 0 Å². The molecule has 0 atom stereocenters. The fourth-order valence-corrected chi connectivity index (χ4v) is 1.57. The molecule has 0 heterocycles. The zero-order valence-corrected chi connectivity index (χ0v) is 8.64. The highest BCUT2D eigenvalue weighted by Gasteiger charge is 2.00. The minimum Gasteiger partial charge on any atom is -0.377 e. The second-order valence-corrected chi connectivity index (χ2v) is 3.70. The van der Waals surface area contributed by atoms with Crippen LogP contribution in [0.4, 0.5) is 5.69 Å². The van der Waals surface area contributed by atoms with Crippen LogP contribution in [0.2, 0.25) is 0 Å². The molecule has 0 bridgehead atoms. The van der Waals surface area contributed by atoms with Crippen LogP contribution < -0.4 is 4.90 Å². The van der Waals surface area contributed by atoms with Gasteiger partial charge in [0.25, 0.3) is 0 Å². The number of aryl methyl sites for hydroxylation is 1. The number of nitrogens with zero attached hydrogens (tertiary/aromatic N) is 1. The van der Waals surface area contributed by atoms with Crippen LogP contribution in [0.15, 0.2) is 22.7 Å². The Labute approximate surface area is 76.2 Å². The molecule has 60 valence electrons. The van der Waals surface area contributed by atoms with Gasteiger partial charge in [0.15, 0.2) is 0 Å². The van der Waals surface area contributed by atoms with Crippen LogP contribution in [0, 0.1) is 6.92 Å². The number of anilines is 1. The van der Waals surface area contributed by atoms with E-state index in [0.717, 1.165) is 4.47 Å². The molecule has 0 amide bonds. The minimum absolute atomic E-state index is 1.15. The average molecular weight is 214 g/mol. The summed E-state index contributed by atoms with van der Waals surface area (Å²) in [7, 11) is 4.08. The standard InChI is InChI=1S/C9H12BrN/c1-7-4-5-8(10)9(6-7)11(2)3/h4-6H,1-3H3. The van der Waals surface area contributed by atoms with Crippen LogP contribution in [-0.4, -0.2) is 14.1 Å². The maximum absolute atomic E-state index is 3.49. The predicted molar refractivity (Wildman–Crippen MR) is 53.2 cm³/mol. The molecule has 1 aromatic rings. The van der Waals surface area contributed by atoms with Crippen LogP contribution in [0.5, 0.6) is 0 Å². The first-order chi connectivity index (χ1) is 5.11. The summed E-state index contributed by atoms with van der Waals surface area (Å²) in [6.45, 7) is 2.10. The van der Waals surface area contributed by atoms with Crippen molar-refractivity contribution in [3.8, 4) is 0 Å². The third kappa shape index (κ3) is 1.96. The fraction of sp³-hybridized carbons (Fsp3) is 0.333. The summed E-state index contributed by atoms with van der Waals surface area (Å²) in [4.78, 5) is 2.09. The van der Waals surface area contributed by atoms with Crippen molar-refractivity contribution in [2.24, 2.45) is 0 Å². The number of benzene rings is 1. The second kappa shape index (κ2) is 3.26. The van der Waals surface area contributed by atoms with Crippen LogP contribution >= 0.6 is 15.9 Å². The lowest BCUT2D eigenvalue weighted by atomic mass is 10.2. The molecule has 0 saturated carbocycles. The highest BCUT2D eigenvalue weighted by atomic mass is 79.9. The first-order valence-corrected chi connectivity index (χ1v) is 4.34. The summed E-state index contributed by atoms with van der Waals surface area (Å²) in [6.07, 6.45) is 0. The van der Waals surface area contributed by atoms with E-state index in [4.69, 9.17) is 0 Å². The predicted octanol–water partition coefficient (Wildman–Crippen LogP) is 2.82. The molecule has 1 rings (SSSR count). The van der Waals surface area contributed by atoms with Gasteiger partial charge in [-0.1, -0.05) is 6.07 Å². The van der Waals surface area contributed by atoms with Crippen LogP contribution in [0.3, 0.4) is 0 Å². The molecule has 0 aliphatic rings. The number of halogens is 1. The molecular formula is C9H12BrN. The minimum atomic E-state index is 1.15. The van der Waals surface area contributed by atoms with Crippen LogP contribution in [-0.2, 0) is 0 Å². The van der Waals surface area contributed by atoms with Crippen LogP contribution in [0.25, 0.3) is 0 Å². The van der Waals surface area contributed by atoms with Gasteiger partial charge >= 0.3 is 0 Å². The lowest BCUT2D eigenvalue weighted by Crippen LogP contribution is -2.09. The molecule has 0 radical (unpaired) electrons. The molecule has 0 spiro atoms. The van der Waals surface area contributed by atoms with E-state index in [-0.39, 0.29) is 0 Å². The first kappa shape index (κ1) is 8.60. The van der Waals surface area contributed by atoms with Crippen molar-refractivity contribution in [3.63, 3.8) is 0 Å². The number of hydrogen-bond acceptors (Lipinski definition) is 1. The fourth-order valence-electron chi connectivity index (χ4n) is 0.965. The Morgan fingerprint density at radius 1 is 1.27 bits per heavy atom. The van der Waals surface area contributed by atoms with Crippen molar-refractivity contribution < 1.29 is 0 Å². The normalized spacial score (nSPS) is 9.82. The highest BCUT2D eigenvalue weighted by Crippen LogP contribution is 2.25. The zero-order chi connectivity index (χ0) is 8.43. The molecule has 0 fully saturated rings. The highest BCUT2D eigenvalue weighted by molar-refractivity contribution is 9.10. The Kier molecular flexibility index (Phi) is 2.55. The monoisotopic (exact) mass is 213 g/mol. The van der Waals surface area contributed by atoms with Gasteiger partial charge in [-0.25, -0.2) is 0 Å². The van der Waals surface area contributed by atoms with Crippen molar-refractivity contribution in [2.75, 3.05) is 19.0 Å². The van der Waals surface area contributed by atoms with Gasteiger partial charge in [-0.3, -0.25) is 0 Å². The molecule has 11 heavy (non-hydrogen) atoms. The second-order valence-electron chi connectivity index (χ2n) is 2.85. The van der Waals surface area contributed by atoms with Gasteiger partial charge in [-0.2, -0.15) is 0 Å². The molecule has 0 saturated heterocycles. The summed E-state index contributed by atoms with van der Waals surface area (Å²) in [5, 5.41) is 0. The molecular weight excluding hydrogens is 202 g/mol. The molecule has 0 N–H and O–H groups in total. The Morgan fingerprint density at radius 3 is 2.36 bits per heavy atom. The summed E-state index contributed by atoms with van der Waals surface area (Å²) in [5.41, 5.74) is 2.52. The quantitative estimate of drug-likeness (QED) is 0.694. The zero-order valence-electron chi connectivity index (χ0n) is 7.06. The average Bonchev–Trinajstić information content (AvgIpc) is 1.94. The van der Waals surface area contributed by atoms with Gasteiger partial charge in [-0.05, 0) is 40.5 Å². The number of hydrogen-bond donors (Lipinski definition) is 0. The SMILES string of the molecule is Cc1ccc(Br)c(N(C)C)c1. The maximum atomic E-state index is 3.49. The van der Waals surface area contributed by atoms with E-state index >= 15 is 0 Å². The summed E-state index contributed by atoms with van der Waals surface area (Å²) in [5.74, 6) is 0. The Morgan fingerprint density at radius 2 is 1.91 bits per heavy atom. The third-order valence-electron chi connectivity index (χ3n) is 1.58. The lowest BCUT2D eigenvalue weighted by molar-refractivity contribution is 1.12. The van der Waals surface area contributed by atoms with E-state index in [2.05, 4.69) is 46.0 Å². The van der Waals surface area contributed by atoms with E-state index in [1.165, 1.54) is 11.3 Å². The number of rotatable bonds is 1. The smallest absolute Gasteiger partial charge is 0.0508 e. The molecule has 2 heteroatoms. The van der Waals surface area contributed by atoms with Crippen molar-refractivity contribution >= 4 is 21.6 Å². The van der Waals surface area contributed by atoms with E-state index in [1.807, 2.05) is 14.1 Å². The Bertz CT molecular complexity index is 256. The lowest BCUT2D eigenvalue weighted by Gasteiger charge is -2.14. The molecule has 0 aromatic heterocycles. The van der Waals surface area contributed by atoms with Crippen molar-refractivity contribution in [3.05, 3.63) is 28.2 Å². The first-order valence-electron chi connectivity index (χ1n) is 3.55. The van der Waals surface area contributed by atoms with Crippen molar-refractivity contribution in [1.82, 2.24) is 0 Å². The van der Waals surface area contributed by atoms with Crippen LogP contribution in [0.1, 0.15) is 5.56 Å². The van der Waals surface area contributed by atoms with Gasteiger partial charge in [0.1, 0.15) is 0 Å². The molecule has 0 unspecified atom stereocenters. The van der Waals surface area contributed by atoms with E-state index in [0.29, 0.717) is 0 Å². The molecule has 1 aromatic carbocycles. The van der Waals surface area contributed by atoms with Crippen molar-refractivity contribution in [1.29, 1.82) is 0 Å². The Hall–Kier alpha value is -0.500. The summed E-state index contributed by atoms with van der Waals surface area (Å²) >= 11 is 3.49. The maximum Gasteiger partial charge on any atom is 0.0508 e. The molecule has 1 nitrogen and oxygen atoms in total.